The smallest absolute Gasteiger partial charge is 0.237 e. The molecule has 1 aliphatic heterocycles. The number of nitrogens with one attached hydrogen (secondary N) is 1. The maximum Gasteiger partial charge on any atom is 0.237 e. The lowest BCUT2D eigenvalue weighted by atomic mass is 10.1. The minimum absolute atomic E-state index is 0.174. The molecule has 1 amide bonds. The molecule has 6 heteroatoms. The zero-order chi connectivity index (χ0) is 16.4. The molecule has 0 bridgehead atoms. The Morgan fingerprint density at radius 1 is 1.48 bits per heavy atom. The van der Waals surface area contributed by atoms with Gasteiger partial charge in [-0.25, -0.2) is 4.98 Å². The lowest BCUT2D eigenvalue weighted by Crippen LogP contribution is -2.51. The number of aryl methyl sites for hydroxylation is 1. The van der Waals surface area contributed by atoms with Crippen LogP contribution in [0, 0.1) is 5.92 Å². The van der Waals surface area contributed by atoms with E-state index < -0.39 is 0 Å². The van der Waals surface area contributed by atoms with E-state index in [1.165, 1.54) is 12.8 Å². The van der Waals surface area contributed by atoms with Gasteiger partial charge in [0.1, 0.15) is 5.82 Å². The van der Waals surface area contributed by atoms with Crippen LogP contribution in [-0.2, 0) is 11.8 Å². The molecule has 0 spiro atoms. The summed E-state index contributed by atoms with van der Waals surface area (Å²) in [4.78, 5) is 21.8. The minimum Gasteiger partial charge on any atom is -0.338 e. The van der Waals surface area contributed by atoms with Crippen molar-refractivity contribution in [3.05, 3.63) is 18.2 Å². The molecule has 23 heavy (non-hydrogen) atoms. The van der Waals surface area contributed by atoms with Crippen molar-refractivity contribution in [1.29, 1.82) is 0 Å². The Hall–Kier alpha value is -1.40. The van der Waals surface area contributed by atoms with Gasteiger partial charge in [0.2, 0.25) is 5.91 Å². The van der Waals surface area contributed by atoms with Gasteiger partial charge in [-0.3, -0.25) is 9.69 Å². The van der Waals surface area contributed by atoms with E-state index >= 15 is 0 Å². The van der Waals surface area contributed by atoms with Gasteiger partial charge in [-0.1, -0.05) is 13.8 Å². The molecule has 1 atom stereocenters. The van der Waals surface area contributed by atoms with Gasteiger partial charge in [0.25, 0.3) is 0 Å². The average molecular weight is 319 g/mol. The maximum absolute atomic E-state index is 12.9. The molecule has 1 aromatic heterocycles. The summed E-state index contributed by atoms with van der Waals surface area (Å²) >= 11 is 0. The highest BCUT2D eigenvalue weighted by Crippen LogP contribution is 2.28. The number of imidazole rings is 1. The van der Waals surface area contributed by atoms with E-state index in [4.69, 9.17) is 0 Å². The van der Waals surface area contributed by atoms with Crippen LogP contribution in [0.25, 0.3) is 0 Å². The Labute approximate surface area is 138 Å². The molecule has 2 aliphatic rings. The van der Waals surface area contributed by atoms with Gasteiger partial charge in [-0.15, -0.1) is 0 Å². The molecule has 2 heterocycles. The van der Waals surface area contributed by atoms with E-state index in [1.807, 2.05) is 19.4 Å². The van der Waals surface area contributed by atoms with Crippen molar-refractivity contribution in [1.82, 2.24) is 24.7 Å². The monoisotopic (exact) mass is 319 g/mol. The maximum atomic E-state index is 12.9. The zero-order valence-electron chi connectivity index (χ0n) is 14.5. The SMILES string of the molecule is CC(C)CN(C(=O)CN1CCNCC1c1nccn1C)C1CC1. The van der Waals surface area contributed by atoms with Crippen LogP contribution in [0.4, 0.5) is 0 Å². The molecular formula is C17H29N5O. The van der Waals surface area contributed by atoms with Crippen LogP contribution in [0.5, 0.6) is 0 Å². The summed E-state index contributed by atoms with van der Waals surface area (Å²) in [7, 11) is 2.02. The van der Waals surface area contributed by atoms with E-state index in [1.54, 1.807) is 0 Å². The topological polar surface area (TPSA) is 53.4 Å². The molecule has 1 unspecified atom stereocenters. The third-order valence-corrected chi connectivity index (χ3v) is 4.72. The molecule has 1 saturated carbocycles. The van der Waals surface area contributed by atoms with Gasteiger partial charge >= 0.3 is 0 Å². The largest absolute Gasteiger partial charge is 0.338 e. The Balaban J connectivity index is 1.68. The van der Waals surface area contributed by atoms with Crippen molar-refractivity contribution < 1.29 is 4.79 Å². The molecule has 0 radical (unpaired) electrons. The first-order valence-corrected chi connectivity index (χ1v) is 8.77. The van der Waals surface area contributed by atoms with Crippen LogP contribution < -0.4 is 5.32 Å². The fraction of sp³-hybridized carbons (Fsp3) is 0.765. The van der Waals surface area contributed by atoms with Crippen LogP contribution in [0.1, 0.15) is 38.6 Å². The number of carbonyl (C=O) groups excluding carboxylic acids is 1. The van der Waals surface area contributed by atoms with Gasteiger partial charge in [0.15, 0.2) is 0 Å². The number of nitrogens with zero attached hydrogens (tertiary/aromatic N) is 4. The molecule has 1 aromatic rings. The van der Waals surface area contributed by atoms with Gasteiger partial charge in [-0.2, -0.15) is 0 Å². The Kier molecular flexibility index (Phi) is 5.02. The van der Waals surface area contributed by atoms with Crippen molar-refractivity contribution in [2.45, 2.75) is 38.8 Å². The third-order valence-electron chi connectivity index (χ3n) is 4.72. The number of piperazine rings is 1. The highest BCUT2D eigenvalue weighted by Gasteiger charge is 2.35. The molecule has 1 saturated heterocycles. The van der Waals surface area contributed by atoms with Crippen LogP contribution in [0.3, 0.4) is 0 Å². The normalized spacial score (nSPS) is 22.5. The van der Waals surface area contributed by atoms with Gasteiger partial charge in [0.05, 0.1) is 12.6 Å². The molecule has 1 N–H and O–H groups in total. The first-order chi connectivity index (χ1) is 11.1. The summed E-state index contributed by atoms with van der Waals surface area (Å²) < 4.78 is 2.06. The lowest BCUT2D eigenvalue weighted by Gasteiger charge is -2.36. The van der Waals surface area contributed by atoms with Crippen LogP contribution in [0.2, 0.25) is 0 Å². The first kappa shape index (κ1) is 16.5. The average Bonchev–Trinajstić information content (AvgIpc) is 3.27. The van der Waals surface area contributed by atoms with Gasteiger partial charge in [0, 0.05) is 51.7 Å². The van der Waals surface area contributed by atoms with Crippen molar-refractivity contribution in [3.8, 4) is 0 Å². The Morgan fingerprint density at radius 2 is 2.26 bits per heavy atom. The van der Waals surface area contributed by atoms with E-state index in [2.05, 4.69) is 38.5 Å². The quantitative estimate of drug-likeness (QED) is 0.850. The number of carbonyl (C=O) groups is 1. The van der Waals surface area contributed by atoms with Gasteiger partial charge < -0.3 is 14.8 Å². The summed E-state index contributed by atoms with van der Waals surface area (Å²) in [6, 6.07) is 0.659. The van der Waals surface area contributed by atoms with E-state index in [-0.39, 0.29) is 11.9 Å². The van der Waals surface area contributed by atoms with Crippen molar-refractivity contribution in [2.75, 3.05) is 32.7 Å². The molecule has 6 nitrogen and oxygen atoms in total. The number of hydrogen-bond donors (Lipinski definition) is 1. The number of hydrogen-bond acceptors (Lipinski definition) is 4. The second kappa shape index (κ2) is 7.01. The predicted octanol–water partition coefficient (Wildman–Crippen LogP) is 1.01. The zero-order valence-corrected chi connectivity index (χ0v) is 14.5. The molecule has 128 valence electrons. The minimum atomic E-state index is 0.174. The van der Waals surface area contributed by atoms with Crippen molar-refractivity contribution in [3.63, 3.8) is 0 Å². The summed E-state index contributed by atoms with van der Waals surface area (Å²) in [5, 5.41) is 3.43. The number of rotatable bonds is 6. The standard InChI is InChI=1S/C17H29N5O/c1-13(2)11-22(14-4-5-14)16(23)12-21-9-6-18-10-15(21)17-19-7-8-20(17)3/h7-8,13-15,18H,4-6,9-12H2,1-3H3. The summed E-state index contributed by atoms with van der Waals surface area (Å²) in [5.74, 6) is 1.84. The van der Waals surface area contributed by atoms with Crippen molar-refractivity contribution in [2.24, 2.45) is 13.0 Å². The fourth-order valence-corrected chi connectivity index (χ4v) is 3.39. The van der Waals surface area contributed by atoms with E-state index in [9.17, 15) is 4.79 Å². The molecule has 1 aliphatic carbocycles. The molecule has 3 rings (SSSR count). The number of amides is 1. The Morgan fingerprint density at radius 3 is 2.87 bits per heavy atom. The van der Waals surface area contributed by atoms with Crippen LogP contribution >= 0.6 is 0 Å². The fourth-order valence-electron chi connectivity index (χ4n) is 3.39. The highest BCUT2D eigenvalue weighted by molar-refractivity contribution is 5.79. The highest BCUT2D eigenvalue weighted by atomic mass is 16.2. The van der Waals surface area contributed by atoms with Gasteiger partial charge in [-0.05, 0) is 18.8 Å². The van der Waals surface area contributed by atoms with E-state index in [0.29, 0.717) is 18.5 Å². The summed E-state index contributed by atoms with van der Waals surface area (Å²) in [6.45, 7) is 8.43. The summed E-state index contributed by atoms with van der Waals surface area (Å²) in [6.07, 6.45) is 6.14. The first-order valence-electron chi connectivity index (χ1n) is 8.77. The Bertz CT molecular complexity index is 537. The second-order valence-corrected chi connectivity index (χ2v) is 7.26. The second-order valence-electron chi connectivity index (χ2n) is 7.26. The predicted molar refractivity (Wildman–Crippen MR) is 90.0 cm³/mol. The third kappa shape index (κ3) is 3.93. The molecular weight excluding hydrogens is 290 g/mol. The number of aromatic nitrogens is 2. The summed E-state index contributed by atoms with van der Waals surface area (Å²) in [5.41, 5.74) is 0. The van der Waals surface area contributed by atoms with Crippen LogP contribution in [-0.4, -0.2) is 64.0 Å². The van der Waals surface area contributed by atoms with E-state index in [0.717, 1.165) is 32.0 Å². The molecule has 0 aromatic carbocycles. The van der Waals surface area contributed by atoms with Crippen molar-refractivity contribution >= 4 is 5.91 Å². The van der Waals surface area contributed by atoms with Crippen LogP contribution in [0.15, 0.2) is 12.4 Å². The lowest BCUT2D eigenvalue weighted by molar-refractivity contribution is -0.134. The molecule has 2 fully saturated rings.